The zero-order chi connectivity index (χ0) is 15.5. The van der Waals surface area contributed by atoms with Crippen LogP contribution >= 0.6 is 11.6 Å². The molecule has 1 atom stereocenters. The van der Waals surface area contributed by atoms with E-state index in [1.165, 1.54) is 12.8 Å². The first-order chi connectivity index (χ1) is 10.1. The Hall–Kier alpha value is -0.620. The SMILES string of the molecule is COC1(C(NN)c2c(Cl)cnn2C(C)C)CCCCCC1. The number of aromatic nitrogens is 2. The molecular formula is C15H27ClN4O. The van der Waals surface area contributed by atoms with Crippen molar-refractivity contribution in [2.75, 3.05) is 7.11 Å². The van der Waals surface area contributed by atoms with Crippen molar-refractivity contribution in [1.29, 1.82) is 0 Å². The van der Waals surface area contributed by atoms with Crippen LogP contribution in [0.5, 0.6) is 0 Å². The van der Waals surface area contributed by atoms with Crippen molar-refractivity contribution in [3.63, 3.8) is 0 Å². The predicted molar refractivity (Wildman–Crippen MR) is 85.1 cm³/mol. The van der Waals surface area contributed by atoms with E-state index in [-0.39, 0.29) is 17.7 Å². The van der Waals surface area contributed by atoms with Crippen molar-refractivity contribution < 1.29 is 4.74 Å². The molecule has 5 nitrogen and oxygen atoms in total. The van der Waals surface area contributed by atoms with E-state index in [4.69, 9.17) is 22.2 Å². The minimum absolute atomic E-state index is 0.155. The maximum Gasteiger partial charge on any atom is 0.0933 e. The molecule has 0 saturated heterocycles. The van der Waals surface area contributed by atoms with Gasteiger partial charge < -0.3 is 4.74 Å². The van der Waals surface area contributed by atoms with Crippen LogP contribution in [0.4, 0.5) is 0 Å². The summed E-state index contributed by atoms with van der Waals surface area (Å²) in [5.41, 5.74) is 3.57. The largest absolute Gasteiger partial charge is 0.376 e. The number of halogens is 1. The van der Waals surface area contributed by atoms with Gasteiger partial charge in [0.05, 0.1) is 28.6 Å². The van der Waals surface area contributed by atoms with E-state index in [1.807, 2.05) is 4.68 Å². The standard InChI is InChI=1S/C15H27ClN4O/c1-11(2)20-13(12(16)10-18-20)14(19-17)15(21-3)8-6-4-5-7-9-15/h10-11,14,19H,4-9,17H2,1-3H3. The number of rotatable bonds is 5. The van der Waals surface area contributed by atoms with Crippen LogP contribution < -0.4 is 11.3 Å². The zero-order valence-corrected chi connectivity index (χ0v) is 14.0. The number of methoxy groups -OCH3 is 1. The van der Waals surface area contributed by atoms with E-state index in [9.17, 15) is 0 Å². The number of hydrogen-bond donors (Lipinski definition) is 2. The Bertz CT molecular complexity index is 453. The van der Waals surface area contributed by atoms with Crippen LogP contribution in [0.1, 0.15) is 70.2 Å². The average Bonchev–Trinajstić information content (AvgIpc) is 2.71. The second kappa shape index (κ2) is 7.09. The van der Waals surface area contributed by atoms with Gasteiger partial charge in [-0.25, -0.2) is 5.43 Å². The Balaban J connectivity index is 2.44. The molecule has 6 heteroatoms. The van der Waals surface area contributed by atoms with Gasteiger partial charge in [0, 0.05) is 13.2 Å². The highest BCUT2D eigenvalue weighted by atomic mass is 35.5. The molecule has 120 valence electrons. The number of hydrazine groups is 1. The molecule has 0 amide bonds. The molecule has 3 N–H and O–H groups in total. The number of nitrogens with two attached hydrogens (primary N) is 1. The Morgan fingerprint density at radius 1 is 1.33 bits per heavy atom. The van der Waals surface area contributed by atoms with E-state index in [1.54, 1.807) is 13.3 Å². The van der Waals surface area contributed by atoms with E-state index in [0.717, 1.165) is 31.4 Å². The number of nitrogens with one attached hydrogen (secondary N) is 1. The van der Waals surface area contributed by atoms with Crippen molar-refractivity contribution in [3.05, 3.63) is 16.9 Å². The van der Waals surface area contributed by atoms with E-state index < -0.39 is 0 Å². The van der Waals surface area contributed by atoms with Crippen molar-refractivity contribution in [1.82, 2.24) is 15.2 Å². The molecule has 0 bridgehead atoms. The fourth-order valence-electron chi connectivity index (χ4n) is 3.45. The normalized spacial score (nSPS) is 20.5. The van der Waals surface area contributed by atoms with Gasteiger partial charge >= 0.3 is 0 Å². The predicted octanol–water partition coefficient (Wildman–Crippen LogP) is 3.36. The Labute approximate surface area is 132 Å². The fraction of sp³-hybridized carbons (Fsp3) is 0.800. The molecule has 1 aromatic rings. The third kappa shape index (κ3) is 3.26. The van der Waals surface area contributed by atoms with Crippen LogP contribution in [-0.4, -0.2) is 22.5 Å². The third-order valence-corrected chi connectivity index (χ3v) is 4.89. The molecule has 2 rings (SSSR count). The summed E-state index contributed by atoms with van der Waals surface area (Å²) in [6, 6.07) is 0.0704. The fourth-order valence-corrected chi connectivity index (χ4v) is 3.69. The van der Waals surface area contributed by atoms with E-state index in [0.29, 0.717) is 5.02 Å². The number of ether oxygens (including phenoxy) is 1. The van der Waals surface area contributed by atoms with Crippen molar-refractivity contribution in [3.8, 4) is 0 Å². The molecule has 1 fully saturated rings. The lowest BCUT2D eigenvalue weighted by molar-refractivity contribution is -0.0563. The number of hydrogen-bond acceptors (Lipinski definition) is 4. The lowest BCUT2D eigenvalue weighted by Gasteiger charge is -2.39. The van der Waals surface area contributed by atoms with Crippen LogP contribution in [0.3, 0.4) is 0 Å². The van der Waals surface area contributed by atoms with Gasteiger partial charge in [0.15, 0.2) is 0 Å². The molecule has 1 unspecified atom stereocenters. The summed E-state index contributed by atoms with van der Waals surface area (Å²) in [5.74, 6) is 5.91. The van der Waals surface area contributed by atoms with Crippen LogP contribution in [0.25, 0.3) is 0 Å². The van der Waals surface area contributed by atoms with Crippen LogP contribution in [0, 0.1) is 0 Å². The maximum absolute atomic E-state index is 6.41. The molecule has 0 aliphatic heterocycles. The van der Waals surface area contributed by atoms with Crippen LogP contribution in [0.2, 0.25) is 5.02 Å². The highest BCUT2D eigenvalue weighted by Gasteiger charge is 2.42. The summed E-state index contributed by atoms with van der Waals surface area (Å²) >= 11 is 6.41. The molecule has 0 spiro atoms. The summed E-state index contributed by atoms with van der Waals surface area (Å²) < 4.78 is 7.93. The topological polar surface area (TPSA) is 65.1 Å². The Morgan fingerprint density at radius 3 is 2.43 bits per heavy atom. The van der Waals surface area contributed by atoms with Gasteiger partial charge in [0.1, 0.15) is 0 Å². The lowest BCUT2D eigenvalue weighted by Crippen LogP contribution is -2.49. The number of nitrogens with zero attached hydrogens (tertiary/aromatic N) is 2. The van der Waals surface area contributed by atoms with Gasteiger partial charge in [-0.05, 0) is 26.7 Å². The highest BCUT2D eigenvalue weighted by Crippen LogP contribution is 2.42. The second-order valence-electron chi connectivity index (χ2n) is 6.20. The molecule has 1 aliphatic carbocycles. The maximum atomic E-state index is 6.41. The summed E-state index contributed by atoms with van der Waals surface area (Å²) in [6.45, 7) is 4.18. The molecule has 1 aliphatic rings. The molecular weight excluding hydrogens is 288 g/mol. The first-order valence-electron chi connectivity index (χ1n) is 7.80. The summed E-state index contributed by atoms with van der Waals surface area (Å²) in [4.78, 5) is 0. The minimum Gasteiger partial charge on any atom is -0.376 e. The van der Waals surface area contributed by atoms with Gasteiger partial charge in [-0.2, -0.15) is 5.10 Å². The second-order valence-corrected chi connectivity index (χ2v) is 6.61. The van der Waals surface area contributed by atoms with E-state index >= 15 is 0 Å². The first-order valence-corrected chi connectivity index (χ1v) is 8.17. The minimum atomic E-state index is -0.318. The summed E-state index contributed by atoms with van der Waals surface area (Å²) in [6.07, 6.45) is 8.47. The quantitative estimate of drug-likeness (QED) is 0.497. The molecule has 1 saturated carbocycles. The van der Waals surface area contributed by atoms with Crippen LogP contribution in [-0.2, 0) is 4.74 Å². The van der Waals surface area contributed by atoms with Gasteiger partial charge in [0.25, 0.3) is 0 Å². The lowest BCUT2D eigenvalue weighted by atomic mass is 9.84. The molecule has 0 aromatic carbocycles. The first kappa shape index (κ1) is 16.7. The molecule has 21 heavy (non-hydrogen) atoms. The summed E-state index contributed by atoms with van der Waals surface area (Å²) in [5, 5.41) is 5.05. The Kier molecular flexibility index (Phi) is 5.66. The zero-order valence-electron chi connectivity index (χ0n) is 13.2. The van der Waals surface area contributed by atoms with E-state index in [2.05, 4.69) is 24.4 Å². The average molecular weight is 315 g/mol. The summed E-state index contributed by atoms with van der Waals surface area (Å²) in [7, 11) is 1.78. The van der Waals surface area contributed by atoms with Crippen LogP contribution in [0.15, 0.2) is 6.20 Å². The monoisotopic (exact) mass is 314 g/mol. The third-order valence-electron chi connectivity index (χ3n) is 4.60. The van der Waals surface area contributed by atoms with Gasteiger partial charge in [-0.3, -0.25) is 10.5 Å². The van der Waals surface area contributed by atoms with Crippen molar-refractivity contribution in [2.45, 2.75) is 70.1 Å². The molecule has 0 radical (unpaired) electrons. The van der Waals surface area contributed by atoms with Crippen molar-refractivity contribution >= 4 is 11.6 Å². The van der Waals surface area contributed by atoms with Gasteiger partial charge in [0.2, 0.25) is 0 Å². The molecule has 1 aromatic heterocycles. The van der Waals surface area contributed by atoms with Gasteiger partial charge in [-0.1, -0.05) is 37.3 Å². The molecule has 1 heterocycles. The highest BCUT2D eigenvalue weighted by molar-refractivity contribution is 6.31. The van der Waals surface area contributed by atoms with Gasteiger partial charge in [-0.15, -0.1) is 0 Å². The Morgan fingerprint density at radius 2 is 1.95 bits per heavy atom. The smallest absolute Gasteiger partial charge is 0.0933 e. The van der Waals surface area contributed by atoms with Crippen molar-refractivity contribution in [2.24, 2.45) is 5.84 Å².